The molecule has 0 aromatic heterocycles. The Balaban J connectivity index is 1.87. The Bertz CT molecular complexity index is 899. The number of rotatable bonds is 7. The summed E-state index contributed by atoms with van der Waals surface area (Å²) in [5, 5.41) is 11.5. The third-order valence-electron chi connectivity index (χ3n) is 4.22. The predicted octanol–water partition coefficient (Wildman–Crippen LogP) is 4.32. The van der Waals surface area contributed by atoms with Crippen LogP contribution < -0.4 is 21.3 Å². The van der Waals surface area contributed by atoms with Crippen LogP contribution >= 0.6 is 0 Å². The first-order valence-electron chi connectivity index (χ1n) is 9.91. The number of carbonyl (C=O) groups is 3. The molecule has 0 heterocycles. The predicted molar refractivity (Wildman–Crippen MR) is 122 cm³/mol. The van der Waals surface area contributed by atoms with E-state index in [9.17, 15) is 14.4 Å². The summed E-state index contributed by atoms with van der Waals surface area (Å²) in [5.74, 6) is -0.449. The third kappa shape index (κ3) is 7.24. The highest BCUT2D eigenvalue weighted by Gasteiger charge is 2.21. The van der Waals surface area contributed by atoms with E-state index in [1.54, 1.807) is 48.5 Å². The quantitative estimate of drug-likeness (QED) is 0.546. The van der Waals surface area contributed by atoms with Gasteiger partial charge in [0.1, 0.15) is 0 Å². The number of hydrogen-bond donors (Lipinski definition) is 4. The van der Waals surface area contributed by atoms with Crippen molar-refractivity contribution >= 4 is 40.5 Å². The number of nitrogens with one attached hydrogen (secondary N) is 4. The molecular weight excluding hydrogens is 380 g/mol. The van der Waals surface area contributed by atoms with Gasteiger partial charge in [0.2, 0.25) is 17.7 Å². The zero-order valence-corrected chi connectivity index (χ0v) is 18.1. The van der Waals surface area contributed by atoms with Crippen molar-refractivity contribution in [3.63, 3.8) is 0 Å². The molecule has 7 heteroatoms. The van der Waals surface area contributed by atoms with Gasteiger partial charge in [0.25, 0.3) is 0 Å². The highest BCUT2D eigenvalue weighted by atomic mass is 16.2. The summed E-state index contributed by atoms with van der Waals surface area (Å²) in [7, 11) is 0. The molecule has 0 unspecified atom stereocenters. The Hall–Kier alpha value is -3.35. The van der Waals surface area contributed by atoms with Gasteiger partial charge in [0.05, 0.1) is 6.54 Å². The van der Waals surface area contributed by atoms with E-state index in [4.69, 9.17) is 0 Å². The largest absolute Gasteiger partial charge is 0.376 e. The molecule has 0 spiro atoms. The molecular formula is C23H30N4O3. The van der Waals surface area contributed by atoms with Crippen molar-refractivity contribution in [1.82, 2.24) is 0 Å². The fraction of sp³-hybridized carbons (Fsp3) is 0.348. The maximum absolute atomic E-state index is 12.2. The van der Waals surface area contributed by atoms with Gasteiger partial charge in [-0.15, -0.1) is 0 Å². The van der Waals surface area contributed by atoms with Crippen LogP contribution in [0.4, 0.5) is 22.7 Å². The summed E-state index contributed by atoms with van der Waals surface area (Å²) < 4.78 is 0. The molecule has 30 heavy (non-hydrogen) atoms. The zero-order chi connectivity index (χ0) is 22.3. The smallest absolute Gasteiger partial charge is 0.243 e. The second-order valence-corrected chi connectivity index (χ2v) is 8.41. The molecule has 0 radical (unpaired) electrons. The van der Waals surface area contributed by atoms with Crippen molar-refractivity contribution < 1.29 is 14.4 Å². The van der Waals surface area contributed by atoms with E-state index in [0.29, 0.717) is 17.1 Å². The minimum Gasteiger partial charge on any atom is -0.376 e. The normalized spacial score (nSPS) is 11.0. The van der Waals surface area contributed by atoms with Gasteiger partial charge in [0, 0.05) is 34.1 Å². The van der Waals surface area contributed by atoms with Gasteiger partial charge in [-0.25, -0.2) is 0 Å². The molecule has 0 saturated carbocycles. The molecule has 2 rings (SSSR count). The molecule has 0 atom stereocenters. The van der Waals surface area contributed by atoms with E-state index in [2.05, 4.69) is 21.3 Å². The number of carbonyl (C=O) groups excluding carboxylic acids is 3. The minimum absolute atomic E-state index is 0.0454. The van der Waals surface area contributed by atoms with Crippen LogP contribution in [0.1, 0.15) is 34.6 Å². The van der Waals surface area contributed by atoms with Gasteiger partial charge in [-0.05, 0) is 42.5 Å². The lowest BCUT2D eigenvalue weighted by Crippen LogP contribution is -2.27. The summed E-state index contributed by atoms with van der Waals surface area (Å²) in [6.45, 7) is 9.26. The lowest BCUT2D eigenvalue weighted by atomic mass is 9.95. The van der Waals surface area contributed by atoms with Crippen LogP contribution in [0.3, 0.4) is 0 Å². The van der Waals surface area contributed by atoms with Crippen LogP contribution in [0.25, 0.3) is 0 Å². The van der Waals surface area contributed by atoms with Crippen LogP contribution in [0.15, 0.2) is 48.5 Å². The summed E-state index contributed by atoms with van der Waals surface area (Å²) in [5.41, 5.74) is 2.19. The van der Waals surface area contributed by atoms with Crippen LogP contribution in [0, 0.1) is 11.3 Å². The first-order chi connectivity index (χ1) is 14.0. The lowest BCUT2D eigenvalue weighted by molar-refractivity contribution is -0.123. The molecule has 7 nitrogen and oxygen atoms in total. The maximum atomic E-state index is 12.2. The van der Waals surface area contributed by atoms with E-state index < -0.39 is 5.41 Å². The van der Waals surface area contributed by atoms with Gasteiger partial charge >= 0.3 is 0 Å². The highest BCUT2D eigenvalue weighted by Crippen LogP contribution is 2.20. The average Bonchev–Trinajstić information content (AvgIpc) is 2.67. The van der Waals surface area contributed by atoms with E-state index in [-0.39, 0.29) is 30.2 Å². The Labute approximate surface area is 177 Å². The van der Waals surface area contributed by atoms with Gasteiger partial charge in [-0.1, -0.05) is 40.7 Å². The van der Waals surface area contributed by atoms with E-state index in [1.807, 2.05) is 34.6 Å². The van der Waals surface area contributed by atoms with Gasteiger partial charge in [-0.2, -0.15) is 0 Å². The molecule has 2 aromatic carbocycles. The Morgan fingerprint density at radius 1 is 0.800 bits per heavy atom. The molecule has 0 aliphatic carbocycles. The topological polar surface area (TPSA) is 99.3 Å². The lowest BCUT2D eigenvalue weighted by Gasteiger charge is -2.18. The van der Waals surface area contributed by atoms with Crippen molar-refractivity contribution in [2.24, 2.45) is 11.3 Å². The van der Waals surface area contributed by atoms with E-state index in [1.165, 1.54) is 0 Å². The number of anilines is 4. The fourth-order valence-electron chi connectivity index (χ4n) is 2.34. The SMILES string of the molecule is CC(C)C(=O)Nc1ccc(NCC(=O)Nc2cccc(NC(=O)C(C)(C)C)c2)cc1. The summed E-state index contributed by atoms with van der Waals surface area (Å²) in [4.78, 5) is 36.1. The summed E-state index contributed by atoms with van der Waals surface area (Å²) in [6, 6.07) is 14.2. The van der Waals surface area contributed by atoms with Crippen LogP contribution in [0.2, 0.25) is 0 Å². The molecule has 2 aromatic rings. The fourth-order valence-corrected chi connectivity index (χ4v) is 2.34. The number of hydrogen-bond acceptors (Lipinski definition) is 4. The second-order valence-electron chi connectivity index (χ2n) is 8.41. The van der Waals surface area contributed by atoms with Gasteiger partial charge < -0.3 is 21.3 Å². The van der Waals surface area contributed by atoms with Crippen molar-refractivity contribution in [3.05, 3.63) is 48.5 Å². The highest BCUT2D eigenvalue weighted by molar-refractivity contribution is 5.97. The van der Waals surface area contributed by atoms with Crippen molar-refractivity contribution in [1.29, 1.82) is 0 Å². The van der Waals surface area contributed by atoms with Crippen LogP contribution in [0.5, 0.6) is 0 Å². The summed E-state index contributed by atoms with van der Waals surface area (Å²) >= 11 is 0. The standard InChI is InChI=1S/C23H30N4O3/c1-15(2)21(29)26-17-11-9-16(10-12-17)24-14-20(28)25-18-7-6-8-19(13-18)27-22(30)23(3,4)5/h6-13,15,24H,14H2,1-5H3,(H,25,28)(H,26,29)(H,27,30). The van der Waals surface area contributed by atoms with Crippen LogP contribution in [-0.4, -0.2) is 24.3 Å². The van der Waals surface area contributed by atoms with Gasteiger partial charge in [0.15, 0.2) is 0 Å². The molecule has 4 N–H and O–H groups in total. The maximum Gasteiger partial charge on any atom is 0.243 e. The van der Waals surface area contributed by atoms with E-state index >= 15 is 0 Å². The van der Waals surface area contributed by atoms with Crippen molar-refractivity contribution in [3.8, 4) is 0 Å². The van der Waals surface area contributed by atoms with Crippen molar-refractivity contribution in [2.45, 2.75) is 34.6 Å². The molecule has 0 aliphatic rings. The second kappa shape index (κ2) is 9.91. The third-order valence-corrected chi connectivity index (χ3v) is 4.22. The summed E-state index contributed by atoms with van der Waals surface area (Å²) in [6.07, 6.45) is 0. The molecule has 3 amide bonds. The van der Waals surface area contributed by atoms with Crippen molar-refractivity contribution in [2.75, 3.05) is 27.8 Å². The Kier molecular flexibility index (Phi) is 7.58. The van der Waals surface area contributed by atoms with Gasteiger partial charge in [-0.3, -0.25) is 14.4 Å². The van der Waals surface area contributed by atoms with E-state index in [0.717, 1.165) is 5.69 Å². The van der Waals surface area contributed by atoms with Crippen LogP contribution in [-0.2, 0) is 14.4 Å². The molecule has 0 fully saturated rings. The number of amides is 3. The minimum atomic E-state index is -0.504. The molecule has 0 aliphatic heterocycles. The molecule has 160 valence electrons. The monoisotopic (exact) mass is 410 g/mol. The Morgan fingerprint density at radius 2 is 1.37 bits per heavy atom. The first-order valence-corrected chi connectivity index (χ1v) is 9.91. The zero-order valence-electron chi connectivity index (χ0n) is 18.1. The number of benzene rings is 2. The molecule has 0 saturated heterocycles. The average molecular weight is 411 g/mol. The Morgan fingerprint density at radius 3 is 1.93 bits per heavy atom. The first kappa shape index (κ1) is 22.9. The molecule has 0 bridgehead atoms.